The van der Waals surface area contributed by atoms with Gasteiger partial charge >= 0.3 is 0 Å². The van der Waals surface area contributed by atoms with Crippen molar-refractivity contribution in [3.63, 3.8) is 0 Å². The molecule has 1 aromatic carbocycles. The Morgan fingerprint density at radius 2 is 1.86 bits per heavy atom. The van der Waals surface area contributed by atoms with Crippen LogP contribution in [0.1, 0.15) is 19.4 Å². The second kappa shape index (κ2) is 5.87. The first-order chi connectivity index (χ1) is 9.82. The first kappa shape index (κ1) is 15.5. The molecular formula is C14H20N4O2S. The molecule has 0 aliphatic heterocycles. The first-order valence-corrected chi connectivity index (χ1v) is 8.10. The zero-order valence-corrected chi connectivity index (χ0v) is 13.2. The van der Waals surface area contributed by atoms with E-state index in [9.17, 15) is 8.42 Å². The standard InChI is InChI=1S/C14H20N4O2S/c1-11(2)18(10-12-4-6-13(15)7-5-12)21(19,20)14-8-9-16-17(14)3/h4-9,11H,10,15H2,1-3H3. The number of aromatic nitrogens is 2. The van der Waals surface area contributed by atoms with E-state index in [1.54, 1.807) is 19.2 Å². The molecule has 2 aromatic rings. The maximum absolute atomic E-state index is 12.8. The summed E-state index contributed by atoms with van der Waals surface area (Å²) in [6.45, 7) is 4.00. The Bertz CT molecular complexity index is 705. The van der Waals surface area contributed by atoms with Crippen LogP contribution in [-0.4, -0.2) is 28.5 Å². The van der Waals surface area contributed by atoms with Crippen molar-refractivity contribution in [3.05, 3.63) is 42.1 Å². The quantitative estimate of drug-likeness (QED) is 0.851. The fraction of sp³-hybridized carbons (Fsp3) is 0.357. The average molecular weight is 308 g/mol. The Balaban J connectivity index is 2.35. The van der Waals surface area contributed by atoms with E-state index in [2.05, 4.69) is 5.10 Å². The van der Waals surface area contributed by atoms with Gasteiger partial charge in [-0.15, -0.1) is 0 Å². The maximum atomic E-state index is 12.8. The van der Waals surface area contributed by atoms with Crippen LogP contribution in [0.15, 0.2) is 41.6 Å². The van der Waals surface area contributed by atoms with Gasteiger partial charge in [0.15, 0.2) is 5.03 Å². The molecule has 0 atom stereocenters. The molecule has 0 fully saturated rings. The number of sulfonamides is 1. The number of hydrogen-bond donors (Lipinski definition) is 1. The molecule has 6 nitrogen and oxygen atoms in total. The summed E-state index contributed by atoms with van der Waals surface area (Å²) in [6.07, 6.45) is 1.48. The van der Waals surface area contributed by atoms with Crippen molar-refractivity contribution in [2.45, 2.75) is 31.5 Å². The number of hydrogen-bond acceptors (Lipinski definition) is 4. The van der Waals surface area contributed by atoms with E-state index >= 15 is 0 Å². The lowest BCUT2D eigenvalue weighted by atomic mass is 10.2. The zero-order valence-electron chi connectivity index (χ0n) is 12.4. The topological polar surface area (TPSA) is 81.2 Å². The van der Waals surface area contributed by atoms with Gasteiger partial charge in [0.2, 0.25) is 0 Å². The molecule has 0 saturated carbocycles. The van der Waals surface area contributed by atoms with Crippen LogP contribution in [0.5, 0.6) is 0 Å². The van der Waals surface area contributed by atoms with Gasteiger partial charge in [-0.05, 0) is 37.6 Å². The second-order valence-electron chi connectivity index (χ2n) is 5.18. The van der Waals surface area contributed by atoms with Gasteiger partial charge in [-0.25, -0.2) is 8.42 Å². The SMILES string of the molecule is CC(C)N(Cc1ccc(N)cc1)S(=O)(=O)c1ccnn1C. The number of benzene rings is 1. The van der Waals surface area contributed by atoms with Crippen molar-refractivity contribution in [1.82, 2.24) is 14.1 Å². The molecule has 0 unspecified atom stereocenters. The van der Waals surface area contributed by atoms with Crippen molar-refractivity contribution in [2.75, 3.05) is 5.73 Å². The van der Waals surface area contributed by atoms with Gasteiger partial charge in [-0.2, -0.15) is 9.40 Å². The van der Waals surface area contributed by atoms with E-state index in [1.165, 1.54) is 21.3 Å². The smallest absolute Gasteiger partial charge is 0.260 e. The molecule has 7 heteroatoms. The summed E-state index contributed by atoms with van der Waals surface area (Å²) in [5, 5.41) is 4.12. The molecule has 21 heavy (non-hydrogen) atoms. The summed E-state index contributed by atoms with van der Waals surface area (Å²) in [4.78, 5) is 0. The molecular weight excluding hydrogens is 288 g/mol. The minimum atomic E-state index is -3.59. The third-order valence-corrected chi connectivity index (χ3v) is 5.34. The lowest BCUT2D eigenvalue weighted by molar-refractivity contribution is 0.344. The molecule has 0 radical (unpaired) electrons. The van der Waals surface area contributed by atoms with Gasteiger partial charge < -0.3 is 5.73 Å². The number of rotatable bonds is 5. The fourth-order valence-electron chi connectivity index (χ4n) is 2.08. The van der Waals surface area contributed by atoms with Gasteiger partial charge in [0.25, 0.3) is 10.0 Å². The third-order valence-electron chi connectivity index (χ3n) is 3.24. The van der Waals surface area contributed by atoms with Gasteiger partial charge in [-0.3, -0.25) is 4.68 Å². The molecule has 0 bridgehead atoms. The monoisotopic (exact) mass is 308 g/mol. The molecule has 0 spiro atoms. The summed E-state index contributed by atoms with van der Waals surface area (Å²) in [6, 6.07) is 8.55. The number of nitrogen functional groups attached to an aromatic ring is 1. The number of nitrogens with two attached hydrogens (primary N) is 1. The molecule has 0 aliphatic rings. The van der Waals surface area contributed by atoms with E-state index in [0.29, 0.717) is 12.2 Å². The molecule has 2 N–H and O–H groups in total. The minimum absolute atomic E-state index is 0.164. The predicted molar refractivity (Wildman–Crippen MR) is 81.9 cm³/mol. The van der Waals surface area contributed by atoms with Crippen LogP contribution in [0.4, 0.5) is 5.69 Å². The van der Waals surface area contributed by atoms with Gasteiger partial charge in [-0.1, -0.05) is 12.1 Å². The highest BCUT2D eigenvalue weighted by Gasteiger charge is 2.29. The lowest BCUT2D eigenvalue weighted by Crippen LogP contribution is -2.37. The molecule has 114 valence electrons. The van der Waals surface area contributed by atoms with Crippen LogP contribution in [0.2, 0.25) is 0 Å². The highest BCUT2D eigenvalue weighted by Crippen LogP contribution is 2.20. The fourth-order valence-corrected chi connectivity index (χ4v) is 3.81. The lowest BCUT2D eigenvalue weighted by Gasteiger charge is -2.25. The normalized spacial score (nSPS) is 12.2. The van der Waals surface area contributed by atoms with Gasteiger partial charge in [0, 0.05) is 25.3 Å². The first-order valence-electron chi connectivity index (χ1n) is 6.66. The van der Waals surface area contributed by atoms with E-state index < -0.39 is 10.0 Å². The summed E-state index contributed by atoms with van der Waals surface area (Å²) in [5.41, 5.74) is 7.21. The second-order valence-corrected chi connectivity index (χ2v) is 7.02. The van der Waals surface area contributed by atoms with Crippen LogP contribution in [-0.2, 0) is 23.6 Å². The Labute approximate surface area is 125 Å². The molecule has 0 amide bonds. The highest BCUT2D eigenvalue weighted by molar-refractivity contribution is 7.89. The summed E-state index contributed by atoms with van der Waals surface area (Å²) in [5.74, 6) is 0. The van der Waals surface area contributed by atoms with Crippen LogP contribution < -0.4 is 5.73 Å². The predicted octanol–water partition coefficient (Wildman–Crippen LogP) is 1.60. The van der Waals surface area contributed by atoms with Gasteiger partial charge in [0.05, 0.1) is 6.20 Å². The van der Waals surface area contributed by atoms with Crippen LogP contribution in [0.25, 0.3) is 0 Å². The average Bonchev–Trinajstić information content (AvgIpc) is 2.84. The van der Waals surface area contributed by atoms with Crippen LogP contribution in [0.3, 0.4) is 0 Å². The number of nitrogens with zero attached hydrogens (tertiary/aromatic N) is 3. The Kier molecular flexibility index (Phi) is 4.34. The number of aryl methyl sites for hydroxylation is 1. The van der Waals surface area contributed by atoms with Crippen molar-refractivity contribution in [2.24, 2.45) is 7.05 Å². The largest absolute Gasteiger partial charge is 0.399 e. The van der Waals surface area contributed by atoms with E-state index in [0.717, 1.165) is 5.56 Å². The van der Waals surface area contributed by atoms with Crippen molar-refractivity contribution >= 4 is 15.7 Å². The van der Waals surface area contributed by atoms with E-state index in [4.69, 9.17) is 5.73 Å². The Hall–Kier alpha value is -1.86. The maximum Gasteiger partial charge on any atom is 0.260 e. The van der Waals surface area contributed by atoms with Crippen LogP contribution in [0, 0.1) is 0 Å². The summed E-state index contributed by atoms with van der Waals surface area (Å²) < 4.78 is 28.4. The molecule has 2 rings (SSSR count). The number of anilines is 1. The molecule has 0 saturated heterocycles. The molecule has 1 aromatic heterocycles. The third kappa shape index (κ3) is 3.25. The van der Waals surface area contributed by atoms with Gasteiger partial charge in [0.1, 0.15) is 0 Å². The zero-order chi connectivity index (χ0) is 15.6. The van der Waals surface area contributed by atoms with Crippen molar-refractivity contribution in [1.29, 1.82) is 0 Å². The summed E-state index contributed by atoms with van der Waals surface area (Å²) in [7, 11) is -1.97. The highest BCUT2D eigenvalue weighted by atomic mass is 32.2. The van der Waals surface area contributed by atoms with Crippen LogP contribution >= 0.6 is 0 Å². The molecule has 0 aliphatic carbocycles. The minimum Gasteiger partial charge on any atom is -0.399 e. The van der Waals surface area contributed by atoms with E-state index in [1.807, 2.05) is 26.0 Å². The van der Waals surface area contributed by atoms with E-state index in [-0.39, 0.29) is 11.1 Å². The Morgan fingerprint density at radius 1 is 1.24 bits per heavy atom. The van der Waals surface area contributed by atoms with Crippen molar-refractivity contribution in [3.8, 4) is 0 Å². The summed E-state index contributed by atoms with van der Waals surface area (Å²) >= 11 is 0. The Morgan fingerprint density at radius 3 is 2.33 bits per heavy atom. The molecule has 1 heterocycles. The van der Waals surface area contributed by atoms with Crippen molar-refractivity contribution < 1.29 is 8.42 Å².